The van der Waals surface area contributed by atoms with Crippen molar-refractivity contribution in [2.24, 2.45) is 5.92 Å². The minimum absolute atomic E-state index is 0.538. The summed E-state index contributed by atoms with van der Waals surface area (Å²) in [6, 6.07) is 3.74. The first kappa shape index (κ1) is 9.47. The maximum Gasteiger partial charge on any atom is 0.228 e. The van der Waals surface area contributed by atoms with Crippen LogP contribution in [0.2, 0.25) is 0 Å². The van der Waals surface area contributed by atoms with Crippen molar-refractivity contribution in [3.63, 3.8) is 0 Å². The zero-order chi connectivity index (χ0) is 9.97. The van der Waals surface area contributed by atoms with E-state index in [2.05, 4.69) is 20.9 Å². The van der Waals surface area contributed by atoms with Crippen molar-refractivity contribution in [1.82, 2.24) is 4.98 Å². The smallest absolute Gasteiger partial charge is 0.228 e. The first-order valence-electron chi connectivity index (χ1n) is 4.48. The molecule has 72 valence electrons. The van der Waals surface area contributed by atoms with Crippen molar-refractivity contribution < 1.29 is 4.74 Å². The second kappa shape index (κ2) is 3.97. The Morgan fingerprint density at radius 3 is 3.00 bits per heavy atom. The van der Waals surface area contributed by atoms with Crippen LogP contribution in [-0.2, 0) is 0 Å². The first-order chi connectivity index (χ1) is 6.79. The van der Waals surface area contributed by atoms with Crippen molar-refractivity contribution in [1.29, 1.82) is 5.26 Å². The highest BCUT2D eigenvalue weighted by Gasteiger charge is 2.22. The highest BCUT2D eigenvalue weighted by Crippen LogP contribution is 2.30. The Bertz CT molecular complexity index is 382. The molecule has 0 aliphatic heterocycles. The van der Waals surface area contributed by atoms with Crippen LogP contribution in [0.4, 0.5) is 0 Å². The van der Waals surface area contributed by atoms with E-state index in [4.69, 9.17) is 10.00 Å². The molecular weight excluding hydrogens is 244 g/mol. The minimum atomic E-state index is 0.538. The molecule has 1 fully saturated rings. The molecule has 1 aliphatic carbocycles. The van der Waals surface area contributed by atoms with Gasteiger partial charge in [0.15, 0.2) is 0 Å². The van der Waals surface area contributed by atoms with Gasteiger partial charge < -0.3 is 4.74 Å². The summed E-state index contributed by atoms with van der Waals surface area (Å²) in [6.45, 7) is 0.734. The average Bonchev–Trinajstić information content (AvgIpc) is 2.99. The lowest BCUT2D eigenvalue weighted by Gasteiger charge is -2.05. The molecule has 14 heavy (non-hydrogen) atoms. The summed E-state index contributed by atoms with van der Waals surface area (Å²) in [5.74, 6) is 1.29. The third-order valence-electron chi connectivity index (χ3n) is 2.09. The molecule has 0 aromatic carbocycles. The number of nitriles is 1. The number of pyridine rings is 1. The molecule has 0 bridgehead atoms. The number of halogens is 1. The van der Waals surface area contributed by atoms with Crippen LogP contribution in [0.25, 0.3) is 0 Å². The zero-order valence-corrected chi connectivity index (χ0v) is 9.12. The predicted octanol–water partition coefficient (Wildman–Crippen LogP) is 2.50. The molecule has 1 heterocycles. The van der Waals surface area contributed by atoms with Crippen LogP contribution >= 0.6 is 15.9 Å². The third-order valence-corrected chi connectivity index (χ3v) is 2.66. The quantitative estimate of drug-likeness (QED) is 0.831. The highest BCUT2D eigenvalue weighted by molar-refractivity contribution is 9.10. The lowest BCUT2D eigenvalue weighted by atomic mass is 10.3. The molecule has 0 N–H and O–H groups in total. The molecule has 0 radical (unpaired) electrons. The Kier molecular flexibility index (Phi) is 2.69. The third kappa shape index (κ3) is 2.24. The van der Waals surface area contributed by atoms with Gasteiger partial charge in [0.1, 0.15) is 6.07 Å². The van der Waals surface area contributed by atoms with E-state index in [1.807, 2.05) is 6.07 Å². The fourth-order valence-electron chi connectivity index (χ4n) is 1.07. The Morgan fingerprint density at radius 2 is 2.43 bits per heavy atom. The predicted molar refractivity (Wildman–Crippen MR) is 54.9 cm³/mol. The normalized spacial score (nSPS) is 14.9. The van der Waals surface area contributed by atoms with E-state index in [0.29, 0.717) is 17.4 Å². The molecule has 2 rings (SSSR count). The van der Waals surface area contributed by atoms with Crippen LogP contribution in [0.15, 0.2) is 16.7 Å². The van der Waals surface area contributed by atoms with Gasteiger partial charge in [0.25, 0.3) is 0 Å². The van der Waals surface area contributed by atoms with Crippen molar-refractivity contribution in [3.05, 3.63) is 22.3 Å². The highest BCUT2D eigenvalue weighted by atomic mass is 79.9. The first-order valence-corrected chi connectivity index (χ1v) is 5.27. The van der Waals surface area contributed by atoms with E-state index >= 15 is 0 Å². The molecule has 4 heteroatoms. The topological polar surface area (TPSA) is 45.9 Å². The minimum Gasteiger partial charge on any atom is -0.477 e. The molecule has 0 atom stereocenters. The summed E-state index contributed by atoms with van der Waals surface area (Å²) >= 11 is 3.32. The van der Waals surface area contributed by atoms with Gasteiger partial charge in [-0.2, -0.15) is 5.26 Å². The van der Waals surface area contributed by atoms with Crippen LogP contribution in [0, 0.1) is 17.2 Å². The number of nitrogens with zero attached hydrogens (tertiary/aromatic N) is 2. The molecule has 0 amide bonds. The van der Waals surface area contributed by atoms with Gasteiger partial charge in [0, 0.05) is 6.20 Å². The maximum atomic E-state index is 8.63. The van der Waals surface area contributed by atoms with Gasteiger partial charge in [-0.05, 0) is 40.8 Å². The van der Waals surface area contributed by atoms with Gasteiger partial charge in [-0.15, -0.1) is 0 Å². The molecule has 1 aromatic rings. The Hall–Kier alpha value is -1.08. The molecule has 0 saturated heterocycles. The molecule has 1 aliphatic rings. The van der Waals surface area contributed by atoms with E-state index in [-0.39, 0.29) is 0 Å². The van der Waals surface area contributed by atoms with Crippen LogP contribution in [0.3, 0.4) is 0 Å². The Balaban J connectivity index is 2.05. The summed E-state index contributed by atoms with van der Waals surface area (Å²) < 4.78 is 6.24. The number of hydrogen-bond acceptors (Lipinski definition) is 3. The fourth-order valence-corrected chi connectivity index (χ4v) is 1.54. The van der Waals surface area contributed by atoms with Crippen LogP contribution in [-0.4, -0.2) is 11.6 Å². The lowest BCUT2D eigenvalue weighted by molar-refractivity contribution is 0.286. The molecule has 3 nitrogen and oxygen atoms in total. The molecule has 0 spiro atoms. The van der Waals surface area contributed by atoms with E-state index in [9.17, 15) is 0 Å². The van der Waals surface area contributed by atoms with Gasteiger partial charge in [-0.1, -0.05) is 0 Å². The van der Waals surface area contributed by atoms with Crippen molar-refractivity contribution in [3.8, 4) is 11.9 Å². The summed E-state index contributed by atoms with van der Waals surface area (Å²) in [6.07, 6.45) is 4.04. The second-order valence-electron chi connectivity index (χ2n) is 3.38. The van der Waals surface area contributed by atoms with Crippen molar-refractivity contribution in [2.45, 2.75) is 12.8 Å². The fraction of sp³-hybridized carbons (Fsp3) is 0.400. The molecular formula is C10H9BrN2O. The van der Waals surface area contributed by atoms with Gasteiger partial charge >= 0.3 is 0 Å². The van der Waals surface area contributed by atoms with Gasteiger partial charge in [-0.3, -0.25) is 0 Å². The Morgan fingerprint density at radius 1 is 1.64 bits per heavy atom. The van der Waals surface area contributed by atoms with Crippen LogP contribution in [0.1, 0.15) is 18.4 Å². The SMILES string of the molecule is N#Cc1cnc(OCC2CC2)c(Br)c1. The summed E-state index contributed by atoms with van der Waals surface area (Å²) in [5.41, 5.74) is 0.538. The largest absolute Gasteiger partial charge is 0.477 e. The molecule has 1 saturated carbocycles. The van der Waals surface area contributed by atoms with Gasteiger partial charge in [0.2, 0.25) is 5.88 Å². The van der Waals surface area contributed by atoms with Crippen LogP contribution in [0.5, 0.6) is 5.88 Å². The number of rotatable bonds is 3. The van der Waals surface area contributed by atoms with E-state index in [1.165, 1.54) is 19.0 Å². The van der Waals surface area contributed by atoms with Crippen LogP contribution < -0.4 is 4.74 Å². The molecule has 0 unspecified atom stereocenters. The summed E-state index contributed by atoms with van der Waals surface area (Å²) in [5, 5.41) is 8.63. The standard InChI is InChI=1S/C10H9BrN2O/c11-9-3-8(4-12)5-13-10(9)14-6-7-1-2-7/h3,5,7H,1-2,6H2. The van der Waals surface area contributed by atoms with Gasteiger partial charge in [-0.25, -0.2) is 4.98 Å². The number of ether oxygens (including phenoxy) is 1. The summed E-state index contributed by atoms with van der Waals surface area (Å²) in [7, 11) is 0. The second-order valence-corrected chi connectivity index (χ2v) is 4.23. The maximum absolute atomic E-state index is 8.63. The summed E-state index contributed by atoms with van der Waals surface area (Å²) in [4.78, 5) is 4.06. The lowest BCUT2D eigenvalue weighted by Crippen LogP contribution is -2.01. The molecule has 1 aromatic heterocycles. The van der Waals surface area contributed by atoms with Crippen molar-refractivity contribution >= 4 is 15.9 Å². The van der Waals surface area contributed by atoms with Gasteiger partial charge in [0.05, 0.1) is 16.6 Å². The van der Waals surface area contributed by atoms with E-state index < -0.39 is 0 Å². The zero-order valence-electron chi connectivity index (χ0n) is 7.53. The van der Waals surface area contributed by atoms with E-state index in [0.717, 1.165) is 11.1 Å². The van der Waals surface area contributed by atoms with Crippen molar-refractivity contribution in [2.75, 3.05) is 6.61 Å². The van der Waals surface area contributed by atoms with E-state index in [1.54, 1.807) is 6.07 Å². The monoisotopic (exact) mass is 252 g/mol. The average molecular weight is 253 g/mol. The number of aromatic nitrogens is 1. The Labute approximate surface area is 90.8 Å². The number of hydrogen-bond donors (Lipinski definition) is 0.